The number of hydrogen-bond acceptors (Lipinski definition) is 4. The fraction of sp³-hybridized carbons (Fsp3) is 0.250. The van der Waals surface area contributed by atoms with E-state index in [4.69, 9.17) is 4.98 Å². The van der Waals surface area contributed by atoms with E-state index in [1.807, 2.05) is 48.5 Å². The Balaban J connectivity index is 1.43. The Morgan fingerprint density at radius 3 is 2.56 bits per heavy atom. The van der Waals surface area contributed by atoms with Crippen LogP contribution < -0.4 is 20.4 Å². The number of carbonyl (C=O) groups excluding carboxylic acids is 2. The number of nitrogens with one attached hydrogen (secondary N) is 3. The van der Waals surface area contributed by atoms with Gasteiger partial charge in [-0.15, -0.1) is 0 Å². The molecule has 7 nitrogen and oxygen atoms in total. The Kier molecular flexibility index (Phi) is 7.17. The molecule has 1 saturated carbocycles. The Hall–Kier alpha value is -3.18. The van der Waals surface area contributed by atoms with E-state index in [1.165, 1.54) is 19.3 Å². The van der Waals surface area contributed by atoms with E-state index in [0.29, 0.717) is 22.5 Å². The molecule has 0 atom stereocenters. The van der Waals surface area contributed by atoms with Gasteiger partial charge in [0, 0.05) is 12.4 Å². The van der Waals surface area contributed by atoms with Crippen molar-refractivity contribution in [2.24, 2.45) is 0 Å². The zero-order valence-corrected chi connectivity index (χ0v) is 19.7. The molecule has 1 aliphatic rings. The van der Waals surface area contributed by atoms with Crippen LogP contribution in [-0.4, -0.2) is 44.7 Å². The molecule has 1 aromatic carbocycles. The fourth-order valence-corrected chi connectivity index (χ4v) is 6.33. The van der Waals surface area contributed by atoms with Crippen molar-refractivity contribution >= 4 is 37.9 Å². The summed E-state index contributed by atoms with van der Waals surface area (Å²) in [6, 6.07) is 14.8. The quantitative estimate of drug-likeness (QED) is 0.444. The van der Waals surface area contributed by atoms with Gasteiger partial charge in [-0.1, -0.05) is 6.07 Å². The van der Waals surface area contributed by atoms with Crippen LogP contribution in [0.15, 0.2) is 60.9 Å². The average Bonchev–Trinajstić information content (AvgIpc) is 2.80. The van der Waals surface area contributed by atoms with Gasteiger partial charge in [-0.25, -0.2) is 0 Å². The summed E-state index contributed by atoms with van der Waals surface area (Å²) in [5, 5.41) is 8.37. The molecule has 0 spiro atoms. The molecule has 3 aromatic rings. The molecule has 1 fully saturated rings. The van der Waals surface area contributed by atoms with Crippen molar-refractivity contribution in [1.82, 2.24) is 20.6 Å². The number of urea groups is 1. The van der Waals surface area contributed by atoms with E-state index in [0.717, 1.165) is 21.3 Å². The molecule has 8 heteroatoms. The summed E-state index contributed by atoms with van der Waals surface area (Å²) in [6.07, 6.45) is 7.17. The van der Waals surface area contributed by atoms with Gasteiger partial charge in [-0.3, -0.25) is 4.98 Å². The molecule has 32 heavy (non-hydrogen) atoms. The zero-order valence-electron chi connectivity index (χ0n) is 17.8. The van der Waals surface area contributed by atoms with E-state index in [1.54, 1.807) is 19.4 Å². The minimum atomic E-state index is -0.276. The van der Waals surface area contributed by atoms with Gasteiger partial charge in [0.1, 0.15) is 0 Å². The molecular weight excluding hydrogens is 465 g/mol. The Morgan fingerprint density at radius 1 is 1.09 bits per heavy atom. The number of aromatic nitrogens is 2. The number of pyridine rings is 2. The normalized spacial score (nSPS) is 13.5. The van der Waals surface area contributed by atoms with Crippen LogP contribution in [0.5, 0.6) is 0 Å². The van der Waals surface area contributed by atoms with Crippen LogP contribution in [0.4, 0.5) is 10.5 Å². The summed E-state index contributed by atoms with van der Waals surface area (Å²) < 4.78 is 1.65. The van der Waals surface area contributed by atoms with Gasteiger partial charge in [0.15, 0.2) is 0 Å². The van der Waals surface area contributed by atoms with Crippen molar-refractivity contribution in [1.29, 1.82) is 0 Å². The number of hydrogen-bond donors (Lipinski definition) is 3. The van der Waals surface area contributed by atoms with Crippen molar-refractivity contribution in [3.63, 3.8) is 0 Å². The summed E-state index contributed by atoms with van der Waals surface area (Å²) in [6.45, 7) is 0.408. The predicted octanol–water partition coefficient (Wildman–Crippen LogP) is 3.13. The van der Waals surface area contributed by atoms with Gasteiger partial charge in [-0.2, -0.15) is 0 Å². The second-order valence-corrected chi connectivity index (χ2v) is 10.6. The molecule has 1 aliphatic carbocycles. The number of anilines is 1. The predicted molar refractivity (Wildman–Crippen MR) is 126 cm³/mol. The number of amides is 3. The number of benzene rings is 1. The molecule has 0 aliphatic heterocycles. The average molecular weight is 490 g/mol. The van der Waals surface area contributed by atoms with E-state index in [-0.39, 0.29) is 27.7 Å². The van der Waals surface area contributed by atoms with E-state index in [9.17, 15) is 9.59 Å². The van der Waals surface area contributed by atoms with E-state index >= 15 is 0 Å². The van der Waals surface area contributed by atoms with Gasteiger partial charge in [0.2, 0.25) is 0 Å². The molecule has 1 radical (unpaired) electrons. The number of nitrogens with zero attached hydrogens (tertiary/aromatic N) is 2. The summed E-state index contributed by atoms with van der Waals surface area (Å²) in [4.78, 5) is 33.3. The molecule has 0 bridgehead atoms. The minimum absolute atomic E-state index is 0.0782. The third kappa shape index (κ3) is 5.54. The molecule has 3 amide bonds. The van der Waals surface area contributed by atoms with Crippen molar-refractivity contribution in [2.45, 2.75) is 30.5 Å². The zero-order chi connectivity index (χ0) is 22.3. The number of rotatable bonds is 7. The van der Waals surface area contributed by atoms with Gasteiger partial charge in [0.25, 0.3) is 0 Å². The van der Waals surface area contributed by atoms with E-state index in [2.05, 4.69) is 20.9 Å². The topological polar surface area (TPSA) is 96.0 Å². The van der Waals surface area contributed by atoms with Crippen molar-refractivity contribution in [3.8, 4) is 11.3 Å². The summed E-state index contributed by atoms with van der Waals surface area (Å²) >= 11 is -0.137. The maximum absolute atomic E-state index is 12.3. The van der Waals surface area contributed by atoms with Crippen LogP contribution in [0.3, 0.4) is 0 Å². The van der Waals surface area contributed by atoms with E-state index < -0.39 is 0 Å². The first-order valence-corrected chi connectivity index (χ1v) is 12.6. The van der Waals surface area contributed by atoms with Crippen molar-refractivity contribution < 1.29 is 9.59 Å². The molecule has 2 heterocycles. The first-order chi connectivity index (χ1) is 15.6. The van der Waals surface area contributed by atoms with Crippen LogP contribution >= 0.6 is 0 Å². The van der Waals surface area contributed by atoms with Gasteiger partial charge >= 0.3 is 165 Å². The fourth-order valence-electron chi connectivity index (χ4n) is 3.29. The van der Waals surface area contributed by atoms with Crippen molar-refractivity contribution in [3.05, 3.63) is 72.1 Å². The molecule has 0 saturated heterocycles. The van der Waals surface area contributed by atoms with Gasteiger partial charge in [-0.05, 0) is 6.07 Å². The Labute approximate surface area is 194 Å². The molecule has 2 aromatic heterocycles. The molecule has 163 valence electrons. The first kappa shape index (κ1) is 22.0. The maximum atomic E-state index is 12.3. The van der Waals surface area contributed by atoms with Crippen LogP contribution in [0.1, 0.15) is 35.2 Å². The second kappa shape index (κ2) is 10.4. The van der Waals surface area contributed by atoms with Crippen LogP contribution in [0.2, 0.25) is 4.71 Å². The molecule has 0 unspecified atom stereocenters. The van der Waals surface area contributed by atoms with Crippen LogP contribution in [0, 0.1) is 0 Å². The summed E-state index contributed by atoms with van der Waals surface area (Å²) in [5.74, 6) is -0.0782. The Bertz CT molecular complexity index is 1090. The second-order valence-electron chi connectivity index (χ2n) is 7.61. The SMILES string of the molecule is CNC(=O)c1ccc(-c2ccc(NC(=O)NCc3cccnc3)cc2)nc1[As]C1CCC1. The van der Waals surface area contributed by atoms with Gasteiger partial charge in [0.05, 0.1) is 0 Å². The van der Waals surface area contributed by atoms with Crippen LogP contribution in [0.25, 0.3) is 11.3 Å². The van der Waals surface area contributed by atoms with Gasteiger partial charge < -0.3 is 0 Å². The van der Waals surface area contributed by atoms with Crippen LogP contribution in [-0.2, 0) is 6.54 Å². The third-order valence-electron chi connectivity index (χ3n) is 5.34. The molecule has 3 N–H and O–H groups in total. The standard InChI is InChI=1S/C24H25AsN5O2/c1-26-23(31)20-11-12-21(30-22(20)25-18-5-2-6-18)17-7-9-19(10-8-17)29-24(32)28-15-16-4-3-13-27-14-16/h3-4,7-14,18H,2,5-6,15H2,1H3,(H,26,31)(H2,28,29,32). The Morgan fingerprint density at radius 2 is 1.91 bits per heavy atom. The molecular formula is C24H25AsN5O2. The third-order valence-corrected chi connectivity index (χ3v) is 8.42. The van der Waals surface area contributed by atoms with Crippen molar-refractivity contribution in [2.75, 3.05) is 12.4 Å². The summed E-state index contributed by atoms with van der Waals surface area (Å²) in [5.41, 5.74) is 4.11. The monoisotopic (exact) mass is 490 g/mol. The summed E-state index contributed by atoms with van der Waals surface area (Å²) in [7, 11) is 1.65. The molecule has 4 rings (SSSR count). The first-order valence-electron chi connectivity index (χ1n) is 10.6. The number of carbonyl (C=O) groups is 2.